The molecule has 2 amide bonds. The molecule has 3 heterocycles. The van der Waals surface area contributed by atoms with Gasteiger partial charge in [-0.25, -0.2) is 0 Å². The Hall–Kier alpha value is -1.76. The molecule has 6 heteroatoms. The average Bonchev–Trinajstić information content (AvgIpc) is 2.79. The quantitative estimate of drug-likeness (QED) is 0.805. The molecule has 0 aromatic heterocycles. The summed E-state index contributed by atoms with van der Waals surface area (Å²) in [7, 11) is 0. The zero-order valence-corrected chi connectivity index (χ0v) is 13.1. The van der Waals surface area contributed by atoms with Crippen molar-refractivity contribution in [3.05, 3.63) is 35.4 Å². The van der Waals surface area contributed by atoms with Crippen molar-refractivity contribution in [1.29, 1.82) is 0 Å². The van der Waals surface area contributed by atoms with Crippen LogP contribution in [0.2, 0.25) is 0 Å². The van der Waals surface area contributed by atoms with Crippen LogP contribution in [-0.2, 0) is 4.74 Å². The summed E-state index contributed by atoms with van der Waals surface area (Å²) in [5, 5.41) is 3.34. The van der Waals surface area contributed by atoms with Gasteiger partial charge in [0.1, 0.15) is 0 Å². The first-order valence-corrected chi connectivity index (χ1v) is 8.15. The molecule has 3 aliphatic heterocycles. The lowest BCUT2D eigenvalue weighted by Crippen LogP contribution is -2.59. The lowest BCUT2D eigenvalue weighted by Gasteiger charge is -2.46. The average molecular weight is 315 g/mol. The van der Waals surface area contributed by atoms with Crippen molar-refractivity contribution in [2.45, 2.75) is 0 Å². The van der Waals surface area contributed by atoms with Crippen LogP contribution in [-0.4, -0.2) is 74.1 Å². The molecule has 3 aliphatic rings. The smallest absolute Gasteiger partial charge is 0.261 e. The standard InChI is InChI=1S/C17H21N3O3/c21-15-13-3-1-2-4-14(13)16(22)20(15)10-17(11-23-12-17)9-19-7-5-18-6-8-19/h1-4,18H,5-12H2. The number of imide groups is 1. The molecule has 1 N–H and O–H groups in total. The van der Waals surface area contributed by atoms with Crippen molar-refractivity contribution in [3.8, 4) is 0 Å². The van der Waals surface area contributed by atoms with Crippen molar-refractivity contribution in [2.24, 2.45) is 5.41 Å². The molecule has 1 aromatic carbocycles. The molecule has 122 valence electrons. The van der Waals surface area contributed by atoms with Gasteiger partial charge in [0, 0.05) is 44.7 Å². The monoisotopic (exact) mass is 315 g/mol. The maximum atomic E-state index is 12.6. The minimum absolute atomic E-state index is 0.120. The Kier molecular flexibility index (Phi) is 3.67. The van der Waals surface area contributed by atoms with E-state index in [2.05, 4.69) is 10.2 Å². The summed E-state index contributed by atoms with van der Waals surface area (Å²) < 4.78 is 5.45. The zero-order valence-electron chi connectivity index (χ0n) is 13.1. The number of nitrogens with one attached hydrogen (secondary N) is 1. The molecule has 6 nitrogen and oxygen atoms in total. The molecule has 23 heavy (non-hydrogen) atoms. The largest absolute Gasteiger partial charge is 0.380 e. The van der Waals surface area contributed by atoms with E-state index in [9.17, 15) is 9.59 Å². The molecule has 2 fully saturated rings. The van der Waals surface area contributed by atoms with E-state index in [1.54, 1.807) is 24.3 Å². The van der Waals surface area contributed by atoms with Crippen LogP contribution in [0.1, 0.15) is 20.7 Å². The van der Waals surface area contributed by atoms with Gasteiger partial charge in [-0.1, -0.05) is 12.1 Å². The highest BCUT2D eigenvalue weighted by atomic mass is 16.5. The third-order valence-corrected chi connectivity index (χ3v) is 4.96. The van der Waals surface area contributed by atoms with E-state index in [4.69, 9.17) is 4.74 Å². The summed E-state index contributed by atoms with van der Waals surface area (Å²) in [4.78, 5) is 28.9. The van der Waals surface area contributed by atoms with Gasteiger partial charge in [0.25, 0.3) is 11.8 Å². The first-order chi connectivity index (χ1) is 11.2. The Morgan fingerprint density at radius 2 is 1.61 bits per heavy atom. The second-order valence-electron chi connectivity index (χ2n) is 6.76. The minimum Gasteiger partial charge on any atom is -0.380 e. The Labute approximate surface area is 135 Å². The first-order valence-electron chi connectivity index (χ1n) is 8.15. The Balaban J connectivity index is 1.50. The molecule has 0 unspecified atom stereocenters. The molecule has 2 saturated heterocycles. The van der Waals surface area contributed by atoms with Crippen LogP contribution in [0.5, 0.6) is 0 Å². The molecule has 0 spiro atoms. The summed E-state index contributed by atoms with van der Waals surface area (Å²) in [6, 6.07) is 7.07. The molecule has 0 atom stereocenters. The number of ether oxygens (including phenoxy) is 1. The van der Waals surface area contributed by atoms with Crippen LogP contribution in [0, 0.1) is 5.41 Å². The number of fused-ring (bicyclic) bond motifs is 1. The number of carbonyl (C=O) groups excluding carboxylic acids is 2. The van der Waals surface area contributed by atoms with E-state index < -0.39 is 0 Å². The van der Waals surface area contributed by atoms with Crippen LogP contribution < -0.4 is 5.32 Å². The maximum Gasteiger partial charge on any atom is 0.261 e. The number of hydrogen-bond acceptors (Lipinski definition) is 5. The maximum absolute atomic E-state index is 12.6. The van der Waals surface area contributed by atoms with Crippen LogP contribution in [0.3, 0.4) is 0 Å². The lowest BCUT2D eigenvalue weighted by atomic mass is 9.84. The molecule has 0 aliphatic carbocycles. The number of amides is 2. The number of nitrogens with zero attached hydrogens (tertiary/aromatic N) is 2. The molecule has 0 radical (unpaired) electrons. The second kappa shape index (κ2) is 5.70. The Morgan fingerprint density at radius 1 is 1.00 bits per heavy atom. The van der Waals surface area contributed by atoms with Gasteiger partial charge in [0.05, 0.1) is 24.3 Å². The fraction of sp³-hybridized carbons (Fsp3) is 0.529. The van der Waals surface area contributed by atoms with E-state index in [-0.39, 0.29) is 17.2 Å². The SMILES string of the molecule is O=C1c2ccccc2C(=O)N1CC1(CN2CCNCC2)COC1. The predicted molar refractivity (Wildman–Crippen MR) is 84.4 cm³/mol. The molecular formula is C17H21N3O3. The number of hydrogen-bond donors (Lipinski definition) is 1. The van der Waals surface area contributed by atoms with Crippen LogP contribution >= 0.6 is 0 Å². The third-order valence-electron chi connectivity index (χ3n) is 4.96. The lowest BCUT2D eigenvalue weighted by molar-refractivity contribution is -0.132. The summed E-state index contributed by atoms with van der Waals surface area (Å²) in [6.07, 6.45) is 0. The molecular weight excluding hydrogens is 294 g/mol. The second-order valence-corrected chi connectivity index (χ2v) is 6.76. The van der Waals surface area contributed by atoms with Crippen molar-refractivity contribution < 1.29 is 14.3 Å². The van der Waals surface area contributed by atoms with E-state index in [0.717, 1.165) is 32.7 Å². The van der Waals surface area contributed by atoms with E-state index in [0.29, 0.717) is 30.9 Å². The molecule has 0 bridgehead atoms. The summed E-state index contributed by atoms with van der Waals surface area (Å²) in [5.41, 5.74) is 0.926. The summed E-state index contributed by atoms with van der Waals surface area (Å²) in [5.74, 6) is -0.339. The van der Waals surface area contributed by atoms with Crippen LogP contribution in [0.25, 0.3) is 0 Å². The van der Waals surface area contributed by atoms with Crippen molar-refractivity contribution >= 4 is 11.8 Å². The third kappa shape index (κ3) is 2.56. The topological polar surface area (TPSA) is 61.9 Å². The van der Waals surface area contributed by atoms with E-state index in [1.165, 1.54) is 4.90 Å². The number of rotatable bonds is 4. The van der Waals surface area contributed by atoms with Gasteiger partial charge >= 0.3 is 0 Å². The highest BCUT2D eigenvalue weighted by Crippen LogP contribution is 2.33. The number of carbonyl (C=O) groups is 2. The van der Waals surface area contributed by atoms with Gasteiger partial charge in [-0.15, -0.1) is 0 Å². The molecule has 4 rings (SSSR count). The fourth-order valence-corrected chi connectivity index (χ4v) is 3.69. The van der Waals surface area contributed by atoms with Gasteiger partial charge < -0.3 is 15.0 Å². The molecule has 1 aromatic rings. The fourth-order valence-electron chi connectivity index (χ4n) is 3.69. The zero-order chi connectivity index (χ0) is 15.9. The van der Waals surface area contributed by atoms with E-state index in [1.807, 2.05) is 0 Å². The predicted octanol–water partition coefficient (Wildman–Crippen LogP) is 0.204. The van der Waals surface area contributed by atoms with Crippen molar-refractivity contribution in [3.63, 3.8) is 0 Å². The first kappa shape index (κ1) is 14.8. The van der Waals surface area contributed by atoms with E-state index >= 15 is 0 Å². The highest BCUT2D eigenvalue weighted by Gasteiger charge is 2.46. The molecule has 0 saturated carbocycles. The van der Waals surface area contributed by atoms with Crippen molar-refractivity contribution in [1.82, 2.24) is 15.1 Å². The van der Waals surface area contributed by atoms with Crippen LogP contribution in [0.15, 0.2) is 24.3 Å². The Bertz CT molecular complexity index is 601. The highest BCUT2D eigenvalue weighted by molar-refractivity contribution is 6.21. The van der Waals surface area contributed by atoms with Gasteiger partial charge in [0.15, 0.2) is 0 Å². The van der Waals surface area contributed by atoms with Gasteiger partial charge in [0.2, 0.25) is 0 Å². The van der Waals surface area contributed by atoms with Gasteiger partial charge in [-0.3, -0.25) is 14.5 Å². The summed E-state index contributed by atoms with van der Waals surface area (Å²) in [6.45, 7) is 6.54. The number of piperazine rings is 1. The minimum atomic E-state index is -0.169. The number of benzene rings is 1. The van der Waals surface area contributed by atoms with Gasteiger partial charge in [-0.05, 0) is 12.1 Å². The summed E-state index contributed by atoms with van der Waals surface area (Å²) >= 11 is 0. The van der Waals surface area contributed by atoms with Gasteiger partial charge in [-0.2, -0.15) is 0 Å². The van der Waals surface area contributed by atoms with Crippen LogP contribution in [0.4, 0.5) is 0 Å². The normalized spacial score (nSPS) is 23.7. The Morgan fingerprint density at radius 3 is 2.13 bits per heavy atom. The van der Waals surface area contributed by atoms with Crippen molar-refractivity contribution in [2.75, 3.05) is 52.5 Å².